The fourth-order valence-corrected chi connectivity index (χ4v) is 3.04. The first-order chi connectivity index (χ1) is 8.11. The third-order valence-electron chi connectivity index (χ3n) is 4.06. The summed E-state index contributed by atoms with van der Waals surface area (Å²) < 4.78 is 0. The number of rotatable bonds is 3. The first-order valence-electron chi connectivity index (χ1n) is 6.46. The fraction of sp³-hybridized carbons (Fsp3) is 0.833. The van der Waals surface area contributed by atoms with E-state index >= 15 is 0 Å². The van der Waals surface area contributed by atoms with Gasteiger partial charge in [0, 0.05) is 6.54 Å². The lowest BCUT2D eigenvalue weighted by Gasteiger charge is -2.28. The molecule has 0 aromatic rings. The summed E-state index contributed by atoms with van der Waals surface area (Å²) in [7, 11) is 0. The molecule has 2 atom stereocenters. The predicted molar refractivity (Wildman–Crippen MR) is 63.9 cm³/mol. The molecule has 1 saturated heterocycles. The van der Waals surface area contributed by atoms with Crippen LogP contribution in [0.25, 0.3) is 0 Å². The van der Waals surface area contributed by atoms with Crippen LogP contribution in [0.4, 0.5) is 0 Å². The van der Waals surface area contributed by atoms with Gasteiger partial charge in [-0.2, -0.15) is 0 Å². The average Bonchev–Trinajstić information content (AvgIpc) is 2.97. The minimum absolute atomic E-state index is 0.0850. The molecule has 2 fully saturated rings. The highest BCUT2D eigenvalue weighted by Gasteiger charge is 2.37. The van der Waals surface area contributed by atoms with Gasteiger partial charge in [-0.05, 0) is 31.6 Å². The molecule has 5 nitrogen and oxygen atoms in total. The molecule has 5 heteroatoms. The van der Waals surface area contributed by atoms with E-state index in [0.717, 1.165) is 32.1 Å². The second-order valence-corrected chi connectivity index (χ2v) is 5.16. The third kappa shape index (κ3) is 2.44. The van der Waals surface area contributed by atoms with Crippen molar-refractivity contribution in [3.8, 4) is 0 Å². The van der Waals surface area contributed by atoms with Crippen LogP contribution >= 0.6 is 0 Å². The van der Waals surface area contributed by atoms with Crippen LogP contribution in [0.3, 0.4) is 0 Å². The summed E-state index contributed by atoms with van der Waals surface area (Å²) in [6.07, 6.45) is 5.90. The van der Waals surface area contributed by atoms with Gasteiger partial charge in [0.2, 0.25) is 11.8 Å². The van der Waals surface area contributed by atoms with Crippen LogP contribution in [0.5, 0.6) is 0 Å². The van der Waals surface area contributed by atoms with Crippen LogP contribution in [0.1, 0.15) is 38.5 Å². The van der Waals surface area contributed by atoms with Crippen molar-refractivity contribution in [2.24, 2.45) is 17.4 Å². The number of nitrogens with zero attached hydrogens (tertiary/aromatic N) is 1. The number of nitrogens with two attached hydrogens (primary N) is 2. The number of amides is 2. The summed E-state index contributed by atoms with van der Waals surface area (Å²) in [5.41, 5.74) is 11.3. The zero-order valence-electron chi connectivity index (χ0n) is 10.1. The Labute approximate surface area is 102 Å². The molecule has 1 aliphatic carbocycles. The maximum atomic E-state index is 12.2. The average molecular weight is 239 g/mol. The zero-order chi connectivity index (χ0) is 12.4. The molecule has 4 N–H and O–H groups in total. The Morgan fingerprint density at radius 1 is 1.12 bits per heavy atom. The Morgan fingerprint density at radius 2 is 1.76 bits per heavy atom. The molecule has 0 spiro atoms. The molecule has 0 radical (unpaired) electrons. The molecule has 2 rings (SSSR count). The van der Waals surface area contributed by atoms with Gasteiger partial charge < -0.3 is 16.4 Å². The molecular formula is C12H21N3O2. The van der Waals surface area contributed by atoms with Gasteiger partial charge in [0.25, 0.3) is 0 Å². The lowest BCUT2D eigenvalue weighted by molar-refractivity contribution is -0.139. The highest BCUT2D eigenvalue weighted by molar-refractivity contribution is 5.89. The van der Waals surface area contributed by atoms with E-state index in [9.17, 15) is 9.59 Å². The van der Waals surface area contributed by atoms with Gasteiger partial charge in [-0.15, -0.1) is 0 Å². The van der Waals surface area contributed by atoms with Crippen LogP contribution in [0, 0.1) is 5.92 Å². The Hall–Kier alpha value is -1.10. The Kier molecular flexibility index (Phi) is 3.66. The zero-order valence-corrected chi connectivity index (χ0v) is 10.1. The summed E-state index contributed by atoms with van der Waals surface area (Å²) in [6.45, 7) is 0.618. The van der Waals surface area contributed by atoms with Gasteiger partial charge in [0.1, 0.15) is 6.04 Å². The predicted octanol–water partition coefficient (Wildman–Crippen LogP) is -0.0198. The lowest BCUT2D eigenvalue weighted by Crippen LogP contribution is -2.52. The largest absolute Gasteiger partial charge is 0.368 e. The van der Waals surface area contributed by atoms with E-state index in [0.29, 0.717) is 13.0 Å². The van der Waals surface area contributed by atoms with Crippen molar-refractivity contribution in [1.82, 2.24) is 4.90 Å². The van der Waals surface area contributed by atoms with Gasteiger partial charge in [-0.1, -0.05) is 12.8 Å². The van der Waals surface area contributed by atoms with Gasteiger partial charge in [-0.25, -0.2) is 0 Å². The molecule has 0 unspecified atom stereocenters. The molecular weight excluding hydrogens is 218 g/mol. The van der Waals surface area contributed by atoms with Gasteiger partial charge in [0.15, 0.2) is 0 Å². The molecule has 96 valence electrons. The van der Waals surface area contributed by atoms with Crippen molar-refractivity contribution in [2.75, 3.05) is 6.54 Å². The molecule has 2 amide bonds. The molecule has 0 aromatic carbocycles. The molecule has 0 aromatic heterocycles. The number of carbonyl (C=O) groups is 2. The maximum Gasteiger partial charge on any atom is 0.240 e. The molecule has 0 bridgehead atoms. The van der Waals surface area contributed by atoms with Gasteiger partial charge in [0.05, 0.1) is 6.04 Å². The Bertz CT molecular complexity index is 313. The van der Waals surface area contributed by atoms with Crippen molar-refractivity contribution in [3.63, 3.8) is 0 Å². The van der Waals surface area contributed by atoms with E-state index < -0.39 is 18.0 Å². The summed E-state index contributed by atoms with van der Waals surface area (Å²) in [6, 6.07) is -0.882. The van der Waals surface area contributed by atoms with Crippen molar-refractivity contribution >= 4 is 11.8 Å². The third-order valence-corrected chi connectivity index (χ3v) is 4.06. The molecule has 2 aliphatic rings. The number of hydrogen-bond acceptors (Lipinski definition) is 3. The van der Waals surface area contributed by atoms with E-state index in [1.807, 2.05) is 0 Å². The first kappa shape index (κ1) is 12.4. The van der Waals surface area contributed by atoms with Crippen LogP contribution in [0.2, 0.25) is 0 Å². The van der Waals surface area contributed by atoms with Crippen molar-refractivity contribution < 1.29 is 9.59 Å². The highest BCUT2D eigenvalue weighted by atomic mass is 16.2. The topological polar surface area (TPSA) is 89.4 Å². The summed E-state index contributed by atoms with van der Waals surface area (Å²) in [5, 5.41) is 0. The summed E-state index contributed by atoms with van der Waals surface area (Å²) in [5.74, 6) is -0.204. The minimum Gasteiger partial charge on any atom is -0.368 e. The summed E-state index contributed by atoms with van der Waals surface area (Å²) in [4.78, 5) is 25.1. The number of primary amides is 1. The fourth-order valence-electron chi connectivity index (χ4n) is 3.04. The second-order valence-electron chi connectivity index (χ2n) is 5.16. The minimum atomic E-state index is -0.447. The number of hydrogen-bond donors (Lipinski definition) is 2. The van der Waals surface area contributed by atoms with E-state index in [4.69, 9.17) is 11.5 Å². The van der Waals surface area contributed by atoms with Crippen LogP contribution in [-0.2, 0) is 9.59 Å². The van der Waals surface area contributed by atoms with Crippen LogP contribution in [0.15, 0.2) is 0 Å². The molecule has 17 heavy (non-hydrogen) atoms. The SMILES string of the molecule is NC(=O)[C@@H]1CCCN1C(=O)[C@@H](N)C1CCCC1. The smallest absolute Gasteiger partial charge is 0.240 e. The van der Waals surface area contributed by atoms with Crippen LogP contribution in [-0.4, -0.2) is 35.3 Å². The van der Waals surface area contributed by atoms with E-state index in [2.05, 4.69) is 0 Å². The normalized spacial score (nSPS) is 27.4. The van der Waals surface area contributed by atoms with Gasteiger partial charge in [-0.3, -0.25) is 9.59 Å². The van der Waals surface area contributed by atoms with Crippen LogP contribution < -0.4 is 11.5 Å². The molecule has 1 heterocycles. The second kappa shape index (κ2) is 5.04. The van der Waals surface area contributed by atoms with E-state index in [-0.39, 0.29) is 11.8 Å². The lowest BCUT2D eigenvalue weighted by atomic mass is 9.97. The number of likely N-dealkylation sites (tertiary alicyclic amines) is 1. The van der Waals surface area contributed by atoms with E-state index in [1.165, 1.54) is 0 Å². The van der Waals surface area contributed by atoms with Crippen molar-refractivity contribution in [3.05, 3.63) is 0 Å². The van der Waals surface area contributed by atoms with Crippen molar-refractivity contribution in [2.45, 2.75) is 50.6 Å². The standard InChI is InChI=1S/C12H21N3O2/c13-10(8-4-1-2-5-8)12(17)15-7-3-6-9(15)11(14)16/h8-10H,1-7,13H2,(H2,14,16)/t9-,10-/m0/s1. The highest BCUT2D eigenvalue weighted by Crippen LogP contribution is 2.29. The molecule has 1 aliphatic heterocycles. The molecule has 1 saturated carbocycles. The monoisotopic (exact) mass is 239 g/mol. The number of carbonyl (C=O) groups excluding carboxylic acids is 2. The Balaban J connectivity index is 2.00. The Morgan fingerprint density at radius 3 is 2.35 bits per heavy atom. The van der Waals surface area contributed by atoms with Gasteiger partial charge >= 0.3 is 0 Å². The quantitative estimate of drug-likeness (QED) is 0.725. The summed E-state index contributed by atoms with van der Waals surface area (Å²) >= 11 is 0. The van der Waals surface area contributed by atoms with Crippen molar-refractivity contribution in [1.29, 1.82) is 0 Å². The maximum absolute atomic E-state index is 12.2. The van der Waals surface area contributed by atoms with E-state index in [1.54, 1.807) is 4.90 Å². The first-order valence-corrected chi connectivity index (χ1v) is 6.46.